The number of aliphatic hydroxyl groups is 1. The first-order valence-corrected chi connectivity index (χ1v) is 9.34. The highest BCUT2D eigenvalue weighted by molar-refractivity contribution is 5.99. The van der Waals surface area contributed by atoms with Crippen LogP contribution in [0.4, 0.5) is 5.69 Å². The number of piperidine rings is 1. The van der Waals surface area contributed by atoms with Crippen molar-refractivity contribution in [3.63, 3.8) is 0 Å². The smallest absolute Gasteiger partial charge is 0.254 e. The average Bonchev–Trinajstić information content (AvgIpc) is 2.90. The summed E-state index contributed by atoms with van der Waals surface area (Å²) in [5.74, 6) is -0.226. The molecule has 1 aromatic rings. The van der Waals surface area contributed by atoms with Crippen LogP contribution >= 0.6 is 0 Å². The molecule has 4 unspecified atom stereocenters. The van der Waals surface area contributed by atoms with Gasteiger partial charge in [0.05, 0.1) is 6.04 Å². The second-order valence-electron chi connectivity index (χ2n) is 7.77. The predicted octanol–water partition coefficient (Wildman–Crippen LogP) is 0.426. The Kier molecular flexibility index (Phi) is 4.36. The summed E-state index contributed by atoms with van der Waals surface area (Å²) in [6.07, 6.45) is -0.167. The molecule has 2 amide bonds. The van der Waals surface area contributed by atoms with Crippen LogP contribution in [0, 0.1) is 0 Å². The van der Waals surface area contributed by atoms with E-state index in [1.165, 1.54) is 0 Å². The summed E-state index contributed by atoms with van der Waals surface area (Å²) in [5.41, 5.74) is 2.83. The van der Waals surface area contributed by atoms with Crippen LogP contribution in [0.5, 0.6) is 0 Å². The number of aliphatic hydroxyl groups excluding tert-OH is 1. The number of carbonyl (C=O) groups is 2. The number of nitrogens with zero attached hydrogens (tertiary/aromatic N) is 2. The van der Waals surface area contributed by atoms with Crippen LogP contribution in [0.25, 0.3) is 0 Å². The Bertz CT molecular complexity index is 727. The van der Waals surface area contributed by atoms with Crippen LogP contribution in [0.2, 0.25) is 0 Å². The minimum absolute atomic E-state index is 0.0613. The Morgan fingerprint density at radius 1 is 1.15 bits per heavy atom. The van der Waals surface area contributed by atoms with Crippen LogP contribution in [0.3, 0.4) is 0 Å². The molecule has 3 aliphatic heterocycles. The van der Waals surface area contributed by atoms with Gasteiger partial charge in [0.1, 0.15) is 6.23 Å². The minimum Gasteiger partial charge on any atom is -0.372 e. The minimum atomic E-state index is -0.996. The van der Waals surface area contributed by atoms with E-state index < -0.39 is 6.23 Å². The predicted molar refractivity (Wildman–Crippen MR) is 97.8 cm³/mol. The van der Waals surface area contributed by atoms with Gasteiger partial charge in [-0.15, -0.1) is 0 Å². The van der Waals surface area contributed by atoms with Gasteiger partial charge in [-0.1, -0.05) is 0 Å². The van der Waals surface area contributed by atoms with Gasteiger partial charge in [-0.25, -0.2) is 0 Å². The molecule has 26 heavy (non-hydrogen) atoms. The summed E-state index contributed by atoms with van der Waals surface area (Å²) in [4.78, 5) is 28.3. The average molecular weight is 358 g/mol. The maximum absolute atomic E-state index is 12.8. The normalized spacial score (nSPS) is 31.8. The number of nitrogens with one attached hydrogen (secondary N) is 2. The zero-order valence-electron chi connectivity index (χ0n) is 15.2. The van der Waals surface area contributed by atoms with Crippen molar-refractivity contribution in [2.24, 2.45) is 0 Å². The van der Waals surface area contributed by atoms with E-state index in [-0.39, 0.29) is 17.9 Å². The second-order valence-corrected chi connectivity index (χ2v) is 7.77. The number of anilines is 1. The van der Waals surface area contributed by atoms with Gasteiger partial charge in [0.2, 0.25) is 5.91 Å². The van der Waals surface area contributed by atoms with Gasteiger partial charge in [-0.3, -0.25) is 9.59 Å². The molecule has 0 aliphatic carbocycles. The largest absolute Gasteiger partial charge is 0.372 e. The summed E-state index contributed by atoms with van der Waals surface area (Å²) in [6.45, 7) is 6.72. The molecule has 7 nitrogen and oxygen atoms in total. The third-order valence-electron chi connectivity index (χ3n) is 5.58. The highest BCUT2D eigenvalue weighted by atomic mass is 16.3. The van der Waals surface area contributed by atoms with E-state index in [9.17, 15) is 14.7 Å². The van der Waals surface area contributed by atoms with E-state index in [1.54, 1.807) is 4.90 Å². The van der Waals surface area contributed by atoms with Crippen molar-refractivity contribution in [3.8, 4) is 0 Å². The molecule has 7 heteroatoms. The molecule has 3 aliphatic rings. The monoisotopic (exact) mass is 358 g/mol. The molecule has 0 spiro atoms. The second kappa shape index (κ2) is 6.55. The molecule has 0 bridgehead atoms. The number of carbonyl (C=O) groups excluding carboxylic acids is 2. The first-order chi connectivity index (χ1) is 12.4. The Morgan fingerprint density at radius 3 is 2.58 bits per heavy atom. The van der Waals surface area contributed by atoms with Crippen molar-refractivity contribution >= 4 is 17.5 Å². The Morgan fingerprint density at radius 2 is 1.88 bits per heavy atom. The SMILES string of the molecule is CC1CN(c2ccc3c(c2)CN(C2CCC(=O)NC2O)C3=O)CC(C)N1. The highest BCUT2D eigenvalue weighted by Crippen LogP contribution is 2.31. The summed E-state index contributed by atoms with van der Waals surface area (Å²) >= 11 is 0. The molecule has 3 heterocycles. The summed E-state index contributed by atoms with van der Waals surface area (Å²) in [5, 5.41) is 16.2. The molecule has 2 saturated heterocycles. The van der Waals surface area contributed by atoms with Gasteiger partial charge in [0, 0.05) is 49.4 Å². The van der Waals surface area contributed by atoms with Crippen LogP contribution in [0.15, 0.2) is 18.2 Å². The fourth-order valence-corrected chi connectivity index (χ4v) is 4.43. The topological polar surface area (TPSA) is 84.9 Å². The lowest BCUT2D eigenvalue weighted by atomic mass is 10.0. The van der Waals surface area contributed by atoms with E-state index >= 15 is 0 Å². The quantitative estimate of drug-likeness (QED) is 0.714. The summed E-state index contributed by atoms with van der Waals surface area (Å²) in [7, 11) is 0. The van der Waals surface area contributed by atoms with E-state index in [4.69, 9.17) is 0 Å². The van der Waals surface area contributed by atoms with Crippen molar-refractivity contribution in [2.45, 2.75) is 57.6 Å². The number of hydrogen-bond acceptors (Lipinski definition) is 5. The zero-order valence-corrected chi connectivity index (χ0v) is 15.2. The van der Waals surface area contributed by atoms with E-state index in [2.05, 4.69) is 35.4 Å². The maximum Gasteiger partial charge on any atom is 0.254 e. The molecule has 140 valence electrons. The van der Waals surface area contributed by atoms with Crippen molar-refractivity contribution in [1.82, 2.24) is 15.5 Å². The fourth-order valence-electron chi connectivity index (χ4n) is 4.43. The van der Waals surface area contributed by atoms with E-state index in [1.807, 2.05) is 12.1 Å². The lowest BCUT2D eigenvalue weighted by molar-refractivity contribution is -0.129. The molecule has 0 saturated carbocycles. The van der Waals surface area contributed by atoms with E-state index in [0.717, 1.165) is 24.3 Å². The van der Waals surface area contributed by atoms with Crippen molar-refractivity contribution < 1.29 is 14.7 Å². The molecule has 4 atom stereocenters. The molecule has 0 aromatic heterocycles. The summed E-state index contributed by atoms with van der Waals surface area (Å²) in [6, 6.07) is 6.50. The van der Waals surface area contributed by atoms with Crippen molar-refractivity contribution in [1.29, 1.82) is 0 Å². The van der Waals surface area contributed by atoms with Gasteiger partial charge in [-0.05, 0) is 44.0 Å². The third-order valence-corrected chi connectivity index (χ3v) is 5.58. The number of rotatable bonds is 2. The Balaban J connectivity index is 1.54. The number of fused-ring (bicyclic) bond motifs is 1. The molecular formula is C19H26N4O3. The third kappa shape index (κ3) is 3.05. The standard InChI is InChI=1S/C19H26N4O3/c1-11-8-22(9-12(2)20-11)14-3-4-15-13(7-14)10-23(19(15)26)16-5-6-17(24)21-18(16)25/h3-4,7,11-12,16,18,20,25H,5-6,8-10H2,1-2H3,(H,21,24). The molecule has 0 radical (unpaired) electrons. The highest BCUT2D eigenvalue weighted by Gasteiger charge is 2.39. The van der Waals surface area contributed by atoms with E-state index in [0.29, 0.717) is 37.0 Å². The van der Waals surface area contributed by atoms with Gasteiger partial charge in [0.15, 0.2) is 0 Å². The number of hydrogen-bond donors (Lipinski definition) is 3. The van der Waals surface area contributed by atoms with Crippen molar-refractivity contribution in [3.05, 3.63) is 29.3 Å². The maximum atomic E-state index is 12.8. The van der Waals surface area contributed by atoms with Gasteiger partial charge < -0.3 is 25.5 Å². The van der Waals surface area contributed by atoms with Crippen molar-refractivity contribution in [2.75, 3.05) is 18.0 Å². The number of amides is 2. The Hall–Kier alpha value is -2.12. The van der Waals surface area contributed by atoms with Gasteiger partial charge in [0.25, 0.3) is 5.91 Å². The first kappa shape index (κ1) is 17.3. The fraction of sp³-hybridized carbons (Fsp3) is 0.579. The van der Waals surface area contributed by atoms with Crippen LogP contribution < -0.4 is 15.5 Å². The first-order valence-electron chi connectivity index (χ1n) is 9.34. The lowest BCUT2D eigenvalue weighted by Gasteiger charge is -2.37. The molecule has 3 N–H and O–H groups in total. The van der Waals surface area contributed by atoms with Crippen LogP contribution in [-0.2, 0) is 11.3 Å². The van der Waals surface area contributed by atoms with Gasteiger partial charge >= 0.3 is 0 Å². The Labute approximate surface area is 153 Å². The molecule has 2 fully saturated rings. The lowest BCUT2D eigenvalue weighted by Crippen LogP contribution is -2.55. The zero-order chi connectivity index (χ0) is 18.4. The molecule has 1 aromatic carbocycles. The number of benzene rings is 1. The number of piperazine rings is 1. The molecular weight excluding hydrogens is 332 g/mol. The summed E-state index contributed by atoms with van der Waals surface area (Å²) < 4.78 is 0. The van der Waals surface area contributed by atoms with Crippen LogP contribution in [-0.4, -0.2) is 59.3 Å². The molecule has 4 rings (SSSR count). The van der Waals surface area contributed by atoms with Gasteiger partial charge in [-0.2, -0.15) is 0 Å². The van der Waals surface area contributed by atoms with Crippen LogP contribution in [0.1, 0.15) is 42.6 Å².